The number of carbonyl (C=O) groups is 2. The molecule has 0 aromatic carbocycles. The normalized spacial score (nSPS) is 12.2. The van der Waals surface area contributed by atoms with Gasteiger partial charge in [0.1, 0.15) is 6.04 Å². The summed E-state index contributed by atoms with van der Waals surface area (Å²) in [5.74, 6) is -0.288. The summed E-state index contributed by atoms with van der Waals surface area (Å²) in [6.07, 6.45) is 0.421. The minimum absolute atomic E-state index is 0.192. The summed E-state index contributed by atoms with van der Waals surface area (Å²) in [6.45, 7) is 5.42. The molecule has 1 aromatic rings. The Morgan fingerprint density at radius 1 is 1.42 bits per heavy atom. The second-order valence-corrected chi connectivity index (χ2v) is 4.44. The SMILES string of the molecule is Cc1nc(CCNC(=O)N[C@@H](C(=O)O)C(C)C)no1. The maximum absolute atomic E-state index is 11.5. The van der Waals surface area contributed by atoms with Crippen molar-refractivity contribution >= 4 is 12.0 Å². The Balaban J connectivity index is 2.33. The summed E-state index contributed by atoms with van der Waals surface area (Å²) < 4.78 is 4.78. The number of hydrogen-bond acceptors (Lipinski definition) is 5. The van der Waals surface area contributed by atoms with E-state index in [-0.39, 0.29) is 5.92 Å². The first-order chi connectivity index (χ1) is 8.90. The fraction of sp³-hybridized carbons (Fsp3) is 0.636. The first-order valence-electron chi connectivity index (χ1n) is 5.96. The predicted molar refractivity (Wildman–Crippen MR) is 65.5 cm³/mol. The van der Waals surface area contributed by atoms with Crippen LogP contribution in [0.25, 0.3) is 0 Å². The molecule has 0 unspecified atom stereocenters. The lowest BCUT2D eigenvalue weighted by molar-refractivity contribution is -0.140. The minimum Gasteiger partial charge on any atom is -0.480 e. The Morgan fingerprint density at radius 3 is 2.58 bits per heavy atom. The number of carbonyl (C=O) groups excluding carboxylic acids is 1. The van der Waals surface area contributed by atoms with Gasteiger partial charge in [-0.3, -0.25) is 0 Å². The number of nitrogens with one attached hydrogen (secondary N) is 2. The Bertz CT molecular complexity index is 444. The van der Waals surface area contributed by atoms with E-state index in [2.05, 4.69) is 20.8 Å². The molecule has 3 N–H and O–H groups in total. The highest BCUT2D eigenvalue weighted by Crippen LogP contribution is 2.01. The van der Waals surface area contributed by atoms with Crippen molar-refractivity contribution in [2.75, 3.05) is 6.54 Å². The van der Waals surface area contributed by atoms with Gasteiger partial charge in [-0.05, 0) is 5.92 Å². The van der Waals surface area contributed by atoms with Crippen LogP contribution in [0, 0.1) is 12.8 Å². The molecule has 0 fully saturated rings. The number of carboxylic acid groups (broad SMARTS) is 1. The standard InChI is InChI=1S/C11H18N4O4/c1-6(2)9(10(16)17)14-11(18)12-5-4-8-13-7(3)19-15-8/h6,9H,4-5H2,1-3H3,(H,16,17)(H2,12,14,18)/t9-/m1/s1. The monoisotopic (exact) mass is 270 g/mol. The van der Waals surface area contributed by atoms with Crippen LogP contribution in [0.4, 0.5) is 4.79 Å². The van der Waals surface area contributed by atoms with Crippen LogP contribution >= 0.6 is 0 Å². The highest BCUT2D eigenvalue weighted by Gasteiger charge is 2.23. The highest BCUT2D eigenvalue weighted by atomic mass is 16.5. The fourth-order valence-electron chi connectivity index (χ4n) is 1.44. The lowest BCUT2D eigenvalue weighted by Gasteiger charge is -2.18. The van der Waals surface area contributed by atoms with E-state index in [1.807, 2.05) is 0 Å². The maximum Gasteiger partial charge on any atom is 0.326 e. The number of carboxylic acids is 1. The van der Waals surface area contributed by atoms with Gasteiger partial charge in [0.2, 0.25) is 5.89 Å². The molecule has 8 heteroatoms. The van der Waals surface area contributed by atoms with E-state index < -0.39 is 18.0 Å². The van der Waals surface area contributed by atoms with E-state index in [1.165, 1.54) is 0 Å². The van der Waals surface area contributed by atoms with Crippen LogP contribution in [0.5, 0.6) is 0 Å². The van der Waals surface area contributed by atoms with Crippen molar-refractivity contribution in [3.8, 4) is 0 Å². The molecule has 19 heavy (non-hydrogen) atoms. The molecule has 106 valence electrons. The van der Waals surface area contributed by atoms with Crippen molar-refractivity contribution in [2.45, 2.75) is 33.2 Å². The van der Waals surface area contributed by atoms with Crippen LogP contribution in [0.15, 0.2) is 4.52 Å². The quantitative estimate of drug-likeness (QED) is 0.685. The number of hydrogen-bond donors (Lipinski definition) is 3. The zero-order valence-electron chi connectivity index (χ0n) is 11.1. The van der Waals surface area contributed by atoms with E-state index in [1.54, 1.807) is 20.8 Å². The summed E-state index contributed by atoms with van der Waals surface area (Å²) in [6, 6.07) is -1.44. The van der Waals surface area contributed by atoms with Gasteiger partial charge in [-0.2, -0.15) is 4.98 Å². The van der Waals surface area contributed by atoms with Gasteiger partial charge in [-0.15, -0.1) is 0 Å². The summed E-state index contributed by atoms with van der Waals surface area (Å²) in [5, 5.41) is 17.5. The average molecular weight is 270 g/mol. The zero-order valence-corrected chi connectivity index (χ0v) is 11.1. The van der Waals surface area contributed by atoms with Crippen molar-refractivity contribution in [1.82, 2.24) is 20.8 Å². The lowest BCUT2D eigenvalue weighted by atomic mass is 10.1. The molecule has 0 aliphatic rings. The third kappa shape index (κ3) is 4.94. The van der Waals surface area contributed by atoms with E-state index in [0.717, 1.165) is 0 Å². The molecule has 1 rings (SSSR count). The van der Waals surface area contributed by atoms with Crippen molar-refractivity contribution in [3.05, 3.63) is 11.7 Å². The lowest BCUT2D eigenvalue weighted by Crippen LogP contribution is -2.48. The predicted octanol–water partition coefficient (Wildman–Crippen LogP) is 0.329. The smallest absolute Gasteiger partial charge is 0.326 e. The molecule has 0 spiro atoms. The summed E-state index contributed by atoms with van der Waals surface area (Å²) in [7, 11) is 0. The zero-order chi connectivity index (χ0) is 14.4. The summed E-state index contributed by atoms with van der Waals surface area (Å²) in [5.41, 5.74) is 0. The molecule has 0 aliphatic carbocycles. The number of aliphatic carboxylic acids is 1. The first-order valence-corrected chi connectivity index (χ1v) is 5.96. The van der Waals surface area contributed by atoms with Gasteiger partial charge in [-0.1, -0.05) is 19.0 Å². The number of nitrogens with zero attached hydrogens (tertiary/aromatic N) is 2. The third-order valence-electron chi connectivity index (χ3n) is 2.42. The first kappa shape index (κ1) is 14.9. The van der Waals surface area contributed by atoms with Crippen molar-refractivity contribution < 1.29 is 19.2 Å². The van der Waals surface area contributed by atoms with Gasteiger partial charge >= 0.3 is 12.0 Å². The molecule has 1 heterocycles. The molecule has 2 amide bonds. The Labute approximate surface area is 110 Å². The molecule has 0 saturated heterocycles. The van der Waals surface area contributed by atoms with Crippen molar-refractivity contribution in [3.63, 3.8) is 0 Å². The van der Waals surface area contributed by atoms with Crippen LogP contribution in [-0.2, 0) is 11.2 Å². The molecule has 0 aliphatic heterocycles. The van der Waals surface area contributed by atoms with Gasteiger partial charge in [-0.25, -0.2) is 9.59 Å². The van der Waals surface area contributed by atoms with Crippen LogP contribution in [0.3, 0.4) is 0 Å². The highest BCUT2D eigenvalue weighted by molar-refractivity contribution is 5.82. The van der Waals surface area contributed by atoms with Crippen LogP contribution in [0.1, 0.15) is 25.6 Å². The van der Waals surface area contributed by atoms with Gasteiger partial charge in [0.25, 0.3) is 0 Å². The molecule has 8 nitrogen and oxygen atoms in total. The van der Waals surface area contributed by atoms with Gasteiger partial charge in [0.05, 0.1) is 0 Å². The Morgan fingerprint density at radius 2 is 2.11 bits per heavy atom. The number of aryl methyl sites for hydroxylation is 1. The largest absolute Gasteiger partial charge is 0.480 e. The number of aromatic nitrogens is 2. The molecular formula is C11H18N4O4. The third-order valence-corrected chi connectivity index (χ3v) is 2.42. The van der Waals surface area contributed by atoms with E-state index in [9.17, 15) is 9.59 Å². The average Bonchev–Trinajstić information content (AvgIpc) is 2.71. The van der Waals surface area contributed by atoms with E-state index in [4.69, 9.17) is 9.63 Å². The van der Waals surface area contributed by atoms with Gasteiger partial charge in [0.15, 0.2) is 5.82 Å². The number of amides is 2. The summed E-state index contributed by atoms with van der Waals surface area (Å²) >= 11 is 0. The van der Waals surface area contributed by atoms with Crippen molar-refractivity contribution in [1.29, 1.82) is 0 Å². The molecule has 0 saturated carbocycles. The molecule has 0 bridgehead atoms. The van der Waals surface area contributed by atoms with Crippen LogP contribution < -0.4 is 10.6 Å². The fourth-order valence-corrected chi connectivity index (χ4v) is 1.44. The van der Waals surface area contributed by atoms with E-state index in [0.29, 0.717) is 24.7 Å². The van der Waals surface area contributed by atoms with Gasteiger partial charge in [0, 0.05) is 19.9 Å². The number of rotatable bonds is 6. The second kappa shape index (κ2) is 6.72. The molecular weight excluding hydrogens is 252 g/mol. The Hall–Kier alpha value is -2.12. The van der Waals surface area contributed by atoms with Crippen LogP contribution in [0.2, 0.25) is 0 Å². The second-order valence-electron chi connectivity index (χ2n) is 4.44. The summed E-state index contributed by atoms with van der Waals surface area (Å²) in [4.78, 5) is 26.4. The molecule has 1 aromatic heterocycles. The van der Waals surface area contributed by atoms with Crippen LogP contribution in [-0.4, -0.2) is 39.8 Å². The topological polar surface area (TPSA) is 117 Å². The maximum atomic E-state index is 11.5. The number of urea groups is 1. The van der Waals surface area contributed by atoms with Crippen molar-refractivity contribution in [2.24, 2.45) is 5.92 Å². The van der Waals surface area contributed by atoms with Gasteiger partial charge < -0.3 is 20.3 Å². The molecule has 0 radical (unpaired) electrons. The Kier molecular flexibility index (Phi) is 5.28. The van der Waals surface area contributed by atoms with E-state index >= 15 is 0 Å². The molecule has 1 atom stereocenters. The minimum atomic E-state index is -1.06.